The zero-order valence-corrected chi connectivity index (χ0v) is 13.1. The largest absolute Gasteiger partial charge is 0.489 e. The van der Waals surface area contributed by atoms with Crippen molar-refractivity contribution in [2.24, 2.45) is 0 Å². The van der Waals surface area contributed by atoms with Gasteiger partial charge in [-0.15, -0.1) is 0 Å². The van der Waals surface area contributed by atoms with Gasteiger partial charge in [0.1, 0.15) is 12.4 Å². The van der Waals surface area contributed by atoms with Crippen LogP contribution in [0.1, 0.15) is 30.0 Å². The predicted octanol–water partition coefficient (Wildman–Crippen LogP) is 3.36. The molecule has 23 heavy (non-hydrogen) atoms. The molecule has 0 radical (unpaired) electrons. The fourth-order valence-corrected chi connectivity index (χ4v) is 2.37. The summed E-state index contributed by atoms with van der Waals surface area (Å²) in [5, 5.41) is 20.4. The van der Waals surface area contributed by atoms with Crippen molar-refractivity contribution in [1.29, 1.82) is 0 Å². The molecule has 0 bridgehead atoms. The van der Waals surface area contributed by atoms with E-state index in [0.29, 0.717) is 30.8 Å². The number of hydrogen-bond acceptors (Lipinski definition) is 4. The minimum atomic E-state index is -0.600. The zero-order valence-electron chi connectivity index (χ0n) is 13.1. The summed E-state index contributed by atoms with van der Waals surface area (Å²) in [6.45, 7) is 2.07. The van der Waals surface area contributed by atoms with Crippen molar-refractivity contribution in [3.05, 3.63) is 75.3 Å². The van der Waals surface area contributed by atoms with Crippen molar-refractivity contribution in [3.63, 3.8) is 0 Å². The molecule has 1 atom stereocenters. The molecule has 0 fully saturated rings. The van der Waals surface area contributed by atoms with Crippen LogP contribution in [0.25, 0.3) is 0 Å². The minimum Gasteiger partial charge on any atom is -0.489 e. The van der Waals surface area contributed by atoms with Gasteiger partial charge in [-0.2, -0.15) is 0 Å². The van der Waals surface area contributed by atoms with E-state index in [-0.39, 0.29) is 11.5 Å². The van der Waals surface area contributed by atoms with Gasteiger partial charge >= 0.3 is 0 Å². The van der Waals surface area contributed by atoms with E-state index < -0.39 is 6.04 Å². The molecule has 122 valence electrons. The molecule has 0 saturated carbocycles. The van der Waals surface area contributed by atoms with Gasteiger partial charge in [-0.3, -0.25) is 10.1 Å². The van der Waals surface area contributed by atoms with Crippen molar-refractivity contribution in [2.75, 3.05) is 0 Å². The molecule has 1 unspecified atom stereocenters. The Labute approximate surface area is 135 Å². The van der Waals surface area contributed by atoms with Crippen molar-refractivity contribution < 1.29 is 14.8 Å². The van der Waals surface area contributed by atoms with Gasteiger partial charge in [0.15, 0.2) is 0 Å². The van der Waals surface area contributed by atoms with E-state index >= 15 is 0 Å². The standard InChI is InChI=1S/C18H21NO4/c1-2-17(19(21)22)10-15-8-9-16(12-20)18(11-15)23-13-14-6-4-3-5-7-14/h3-9,11,17,20H,2,10,12-13H2,1H3. The van der Waals surface area contributed by atoms with Crippen LogP contribution in [0.4, 0.5) is 0 Å². The van der Waals surface area contributed by atoms with E-state index in [0.717, 1.165) is 11.1 Å². The summed E-state index contributed by atoms with van der Waals surface area (Å²) < 4.78 is 5.80. The second-order valence-electron chi connectivity index (χ2n) is 5.43. The van der Waals surface area contributed by atoms with Gasteiger partial charge in [-0.1, -0.05) is 49.4 Å². The SMILES string of the molecule is CCC(Cc1ccc(CO)c(OCc2ccccc2)c1)[N+](=O)[O-]. The quantitative estimate of drug-likeness (QED) is 0.599. The number of nitrogens with zero attached hydrogens (tertiary/aromatic N) is 1. The maximum atomic E-state index is 11.0. The lowest BCUT2D eigenvalue weighted by Crippen LogP contribution is -2.21. The van der Waals surface area contributed by atoms with Gasteiger partial charge in [0.05, 0.1) is 6.61 Å². The summed E-state index contributed by atoms with van der Waals surface area (Å²) in [4.78, 5) is 10.7. The fraction of sp³-hybridized carbons (Fsp3) is 0.333. The van der Waals surface area contributed by atoms with E-state index in [9.17, 15) is 15.2 Å². The van der Waals surface area contributed by atoms with Crippen LogP contribution in [-0.4, -0.2) is 16.1 Å². The van der Waals surface area contributed by atoms with E-state index in [2.05, 4.69) is 0 Å². The Morgan fingerprint density at radius 1 is 1.17 bits per heavy atom. The molecule has 0 amide bonds. The summed E-state index contributed by atoms with van der Waals surface area (Å²) in [7, 11) is 0. The number of aliphatic hydroxyl groups excluding tert-OH is 1. The summed E-state index contributed by atoms with van der Waals surface area (Å²) >= 11 is 0. The maximum absolute atomic E-state index is 11.0. The first kappa shape index (κ1) is 17.0. The minimum absolute atomic E-state index is 0.128. The van der Waals surface area contributed by atoms with Crippen LogP contribution in [0, 0.1) is 10.1 Å². The molecular formula is C18H21NO4. The molecule has 0 heterocycles. The van der Waals surface area contributed by atoms with Crippen LogP contribution in [0.2, 0.25) is 0 Å². The van der Waals surface area contributed by atoms with Gasteiger partial charge in [-0.25, -0.2) is 0 Å². The highest BCUT2D eigenvalue weighted by Gasteiger charge is 2.18. The third-order valence-corrected chi connectivity index (χ3v) is 3.78. The normalized spacial score (nSPS) is 11.9. The molecule has 2 aromatic carbocycles. The van der Waals surface area contributed by atoms with E-state index in [4.69, 9.17) is 4.74 Å². The molecule has 0 saturated heterocycles. The first-order valence-electron chi connectivity index (χ1n) is 7.67. The van der Waals surface area contributed by atoms with E-state index in [1.807, 2.05) is 43.3 Å². The van der Waals surface area contributed by atoms with Gasteiger partial charge in [0.2, 0.25) is 6.04 Å². The molecule has 0 aliphatic rings. The number of hydrogen-bond donors (Lipinski definition) is 1. The summed E-state index contributed by atoms with van der Waals surface area (Å²) in [6, 6.07) is 14.5. The summed E-state index contributed by atoms with van der Waals surface area (Å²) in [5.74, 6) is 0.576. The van der Waals surface area contributed by atoms with E-state index in [1.54, 1.807) is 12.1 Å². The second kappa shape index (κ2) is 8.29. The average Bonchev–Trinajstić information content (AvgIpc) is 2.58. The Morgan fingerprint density at radius 3 is 2.52 bits per heavy atom. The van der Waals surface area contributed by atoms with Crippen LogP contribution in [-0.2, 0) is 19.6 Å². The predicted molar refractivity (Wildman–Crippen MR) is 87.9 cm³/mol. The van der Waals surface area contributed by atoms with Crippen molar-refractivity contribution >= 4 is 0 Å². The lowest BCUT2D eigenvalue weighted by atomic mass is 10.0. The number of aliphatic hydroxyl groups is 1. The van der Waals surface area contributed by atoms with Gasteiger partial charge < -0.3 is 9.84 Å². The van der Waals surface area contributed by atoms with E-state index in [1.165, 1.54) is 0 Å². The smallest absolute Gasteiger partial charge is 0.216 e. The Kier molecular flexibility index (Phi) is 6.11. The molecule has 1 N–H and O–H groups in total. The fourth-order valence-electron chi connectivity index (χ4n) is 2.37. The zero-order chi connectivity index (χ0) is 16.7. The number of ether oxygens (including phenoxy) is 1. The lowest BCUT2D eigenvalue weighted by molar-refractivity contribution is -0.522. The Morgan fingerprint density at radius 2 is 1.91 bits per heavy atom. The highest BCUT2D eigenvalue weighted by molar-refractivity contribution is 5.37. The summed E-state index contributed by atoms with van der Waals surface area (Å²) in [6.07, 6.45) is 0.839. The maximum Gasteiger partial charge on any atom is 0.216 e. The topological polar surface area (TPSA) is 72.6 Å². The van der Waals surface area contributed by atoms with Crippen molar-refractivity contribution in [3.8, 4) is 5.75 Å². The van der Waals surface area contributed by atoms with Crippen LogP contribution in [0.3, 0.4) is 0 Å². The lowest BCUT2D eigenvalue weighted by Gasteiger charge is -2.13. The highest BCUT2D eigenvalue weighted by Crippen LogP contribution is 2.23. The molecule has 2 aromatic rings. The molecule has 0 spiro atoms. The van der Waals surface area contributed by atoms with Crippen LogP contribution >= 0.6 is 0 Å². The molecular weight excluding hydrogens is 294 g/mol. The first-order valence-corrected chi connectivity index (χ1v) is 7.67. The Bertz CT molecular complexity index is 643. The molecule has 0 aromatic heterocycles. The van der Waals surface area contributed by atoms with Gasteiger partial charge in [0.25, 0.3) is 0 Å². The van der Waals surface area contributed by atoms with Crippen LogP contribution in [0.5, 0.6) is 5.75 Å². The molecule has 0 aliphatic heterocycles. The number of nitro groups is 1. The van der Waals surface area contributed by atoms with Gasteiger partial charge in [-0.05, 0) is 17.2 Å². The van der Waals surface area contributed by atoms with Crippen molar-refractivity contribution in [2.45, 2.75) is 39.0 Å². The van der Waals surface area contributed by atoms with Crippen LogP contribution in [0.15, 0.2) is 48.5 Å². The molecule has 0 aliphatic carbocycles. The third-order valence-electron chi connectivity index (χ3n) is 3.78. The first-order chi connectivity index (χ1) is 11.1. The van der Waals surface area contributed by atoms with Crippen LogP contribution < -0.4 is 4.74 Å². The monoisotopic (exact) mass is 315 g/mol. The third kappa shape index (κ3) is 4.79. The highest BCUT2D eigenvalue weighted by atomic mass is 16.6. The Balaban J connectivity index is 2.13. The van der Waals surface area contributed by atoms with Gasteiger partial charge in [0, 0.05) is 23.3 Å². The van der Waals surface area contributed by atoms with Crippen molar-refractivity contribution in [1.82, 2.24) is 0 Å². The molecule has 5 heteroatoms. The molecule has 2 rings (SSSR count). The Hall–Kier alpha value is -2.40. The molecule has 5 nitrogen and oxygen atoms in total. The number of benzene rings is 2. The average molecular weight is 315 g/mol. The summed E-state index contributed by atoms with van der Waals surface area (Å²) in [5.41, 5.74) is 2.55. The number of rotatable bonds is 8. The second-order valence-corrected chi connectivity index (χ2v) is 5.43.